The van der Waals surface area contributed by atoms with Crippen molar-refractivity contribution in [2.75, 3.05) is 33.4 Å². The number of hydrogen-bond donors (Lipinski definition) is 0. The summed E-state index contributed by atoms with van der Waals surface area (Å²) in [7, 11) is 1.66. The molecule has 0 bridgehead atoms. The standard InChI is InChI=1S/C24H32FNO2/c1-3-4-5-15-26-16-14-24(19-6-8-21(25)9-7-19)20(17-26)18-28-23-12-10-22(27-2)11-13-23/h6-13,20,24H,3-5,14-18H2,1-2H3/t20-,24-/m0/s1. The van der Waals surface area contributed by atoms with Crippen LogP contribution in [0.5, 0.6) is 11.5 Å². The molecule has 2 atom stereocenters. The molecule has 0 radical (unpaired) electrons. The lowest BCUT2D eigenvalue weighted by atomic mass is 9.80. The first-order valence-corrected chi connectivity index (χ1v) is 10.4. The van der Waals surface area contributed by atoms with Crippen LogP contribution in [0.3, 0.4) is 0 Å². The summed E-state index contributed by atoms with van der Waals surface area (Å²) >= 11 is 0. The molecule has 1 aliphatic rings. The van der Waals surface area contributed by atoms with Crippen molar-refractivity contribution in [3.8, 4) is 11.5 Å². The molecule has 2 aromatic carbocycles. The molecule has 1 heterocycles. The Balaban J connectivity index is 1.66. The number of benzene rings is 2. The Labute approximate surface area is 168 Å². The number of rotatable bonds is 9. The van der Waals surface area contributed by atoms with Crippen LogP contribution in [-0.4, -0.2) is 38.3 Å². The van der Waals surface area contributed by atoms with Gasteiger partial charge >= 0.3 is 0 Å². The van der Waals surface area contributed by atoms with Gasteiger partial charge in [0.25, 0.3) is 0 Å². The third-order valence-electron chi connectivity index (χ3n) is 5.72. The van der Waals surface area contributed by atoms with Crippen molar-refractivity contribution in [3.05, 3.63) is 59.9 Å². The smallest absolute Gasteiger partial charge is 0.123 e. The summed E-state index contributed by atoms with van der Waals surface area (Å²) in [5.74, 6) is 2.31. The van der Waals surface area contributed by atoms with Crippen LogP contribution in [0, 0.1) is 11.7 Å². The van der Waals surface area contributed by atoms with Crippen LogP contribution in [0.1, 0.15) is 44.1 Å². The summed E-state index contributed by atoms with van der Waals surface area (Å²) in [6.07, 6.45) is 4.87. The Morgan fingerprint density at radius 3 is 2.39 bits per heavy atom. The summed E-state index contributed by atoms with van der Waals surface area (Å²) < 4.78 is 24.7. The van der Waals surface area contributed by atoms with Gasteiger partial charge in [0.1, 0.15) is 17.3 Å². The topological polar surface area (TPSA) is 21.7 Å². The molecule has 0 saturated carbocycles. The minimum atomic E-state index is -0.174. The Hall–Kier alpha value is -2.07. The Kier molecular flexibility index (Phi) is 7.72. The second kappa shape index (κ2) is 10.5. The minimum Gasteiger partial charge on any atom is -0.497 e. The van der Waals surface area contributed by atoms with E-state index in [9.17, 15) is 4.39 Å². The molecule has 0 spiro atoms. The first kappa shape index (κ1) is 20.7. The van der Waals surface area contributed by atoms with E-state index in [1.807, 2.05) is 36.4 Å². The van der Waals surface area contributed by atoms with E-state index in [1.165, 1.54) is 24.8 Å². The summed E-state index contributed by atoms with van der Waals surface area (Å²) in [6, 6.07) is 14.8. The Morgan fingerprint density at radius 2 is 1.71 bits per heavy atom. The molecule has 1 saturated heterocycles. The molecule has 28 heavy (non-hydrogen) atoms. The second-order valence-corrected chi connectivity index (χ2v) is 7.70. The van der Waals surface area contributed by atoms with Gasteiger partial charge in [-0.2, -0.15) is 0 Å². The summed E-state index contributed by atoms with van der Waals surface area (Å²) in [6.45, 7) is 6.20. The van der Waals surface area contributed by atoms with E-state index < -0.39 is 0 Å². The largest absolute Gasteiger partial charge is 0.497 e. The van der Waals surface area contributed by atoms with Crippen LogP contribution in [0.15, 0.2) is 48.5 Å². The van der Waals surface area contributed by atoms with Gasteiger partial charge in [0.15, 0.2) is 0 Å². The van der Waals surface area contributed by atoms with Crippen molar-refractivity contribution in [2.24, 2.45) is 5.92 Å². The fourth-order valence-corrected chi connectivity index (χ4v) is 4.09. The number of nitrogens with zero attached hydrogens (tertiary/aromatic N) is 1. The van der Waals surface area contributed by atoms with Crippen LogP contribution >= 0.6 is 0 Å². The molecule has 0 unspecified atom stereocenters. The number of halogens is 1. The molecule has 4 heteroatoms. The number of ether oxygens (including phenoxy) is 2. The SMILES string of the molecule is CCCCCN1CC[C@@H](c2ccc(F)cc2)[C@H](COc2ccc(OC)cc2)C1. The van der Waals surface area contributed by atoms with Crippen molar-refractivity contribution in [3.63, 3.8) is 0 Å². The number of unbranched alkanes of at least 4 members (excludes halogenated alkanes) is 2. The third kappa shape index (κ3) is 5.71. The van der Waals surface area contributed by atoms with E-state index in [4.69, 9.17) is 9.47 Å². The lowest BCUT2D eigenvalue weighted by Crippen LogP contribution is -2.42. The van der Waals surface area contributed by atoms with Gasteiger partial charge in [-0.1, -0.05) is 31.9 Å². The Bertz CT molecular complexity index is 702. The molecule has 1 aliphatic heterocycles. The number of piperidine rings is 1. The van der Waals surface area contributed by atoms with Gasteiger partial charge in [0.2, 0.25) is 0 Å². The first-order valence-electron chi connectivity index (χ1n) is 10.4. The Morgan fingerprint density at radius 1 is 1.00 bits per heavy atom. The van der Waals surface area contributed by atoms with Gasteiger partial charge in [-0.3, -0.25) is 0 Å². The fraction of sp³-hybridized carbons (Fsp3) is 0.500. The van der Waals surface area contributed by atoms with Crippen molar-refractivity contribution < 1.29 is 13.9 Å². The molecule has 0 aromatic heterocycles. The van der Waals surface area contributed by atoms with Gasteiger partial charge in [-0.15, -0.1) is 0 Å². The van der Waals surface area contributed by atoms with Crippen LogP contribution in [0.4, 0.5) is 4.39 Å². The van der Waals surface area contributed by atoms with Crippen LogP contribution in [0.2, 0.25) is 0 Å². The lowest BCUT2D eigenvalue weighted by Gasteiger charge is -2.39. The van der Waals surface area contributed by atoms with E-state index in [-0.39, 0.29) is 5.82 Å². The highest BCUT2D eigenvalue weighted by Crippen LogP contribution is 2.34. The second-order valence-electron chi connectivity index (χ2n) is 7.70. The van der Waals surface area contributed by atoms with E-state index in [0.29, 0.717) is 18.4 Å². The van der Waals surface area contributed by atoms with Gasteiger partial charge in [0, 0.05) is 12.5 Å². The summed E-state index contributed by atoms with van der Waals surface area (Å²) in [5.41, 5.74) is 1.22. The van der Waals surface area contributed by atoms with Crippen molar-refractivity contribution >= 4 is 0 Å². The normalized spacial score (nSPS) is 20.1. The third-order valence-corrected chi connectivity index (χ3v) is 5.72. The molecule has 0 aliphatic carbocycles. The van der Waals surface area contributed by atoms with E-state index >= 15 is 0 Å². The van der Waals surface area contributed by atoms with Gasteiger partial charge in [-0.05, 0) is 73.8 Å². The highest BCUT2D eigenvalue weighted by molar-refractivity contribution is 5.31. The van der Waals surface area contributed by atoms with Crippen LogP contribution in [-0.2, 0) is 0 Å². The van der Waals surface area contributed by atoms with E-state index in [1.54, 1.807) is 19.2 Å². The zero-order chi connectivity index (χ0) is 19.8. The molecule has 1 fully saturated rings. The maximum Gasteiger partial charge on any atom is 0.123 e. The highest BCUT2D eigenvalue weighted by Gasteiger charge is 2.30. The zero-order valence-corrected chi connectivity index (χ0v) is 17.1. The maximum absolute atomic E-state index is 13.4. The monoisotopic (exact) mass is 385 g/mol. The molecule has 3 rings (SSSR count). The zero-order valence-electron chi connectivity index (χ0n) is 17.1. The molecule has 2 aromatic rings. The molecular formula is C24H32FNO2. The average molecular weight is 386 g/mol. The van der Waals surface area contributed by atoms with E-state index in [2.05, 4.69) is 11.8 Å². The molecule has 0 amide bonds. The van der Waals surface area contributed by atoms with Gasteiger partial charge < -0.3 is 14.4 Å². The van der Waals surface area contributed by atoms with Crippen LogP contribution < -0.4 is 9.47 Å². The predicted molar refractivity (Wildman–Crippen MR) is 112 cm³/mol. The number of likely N-dealkylation sites (tertiary alicyclic amines) is 1. The highest BCUT2D eigenvalue weighted by atomic mass is 19.1. The molecular weight excluding hydrogens is 353 g/mol. The van der Waals surface area contributed by atoms with Gasteiger partial charge in [-0.25, -0.2) is 4.39 Å². The first-order chi connectivity index (χ1) is 13.7. The predicted octanol–water partition coefficient (Wildman–Crippen LogP) is 5.51. The van der Waals surface area contributed by atoms with Crippen molar-refractivity contribution in [1.82, 2.24) is 4.90 Å². The van der Waals surface area contributed by atoms with Crippen molar-refractivity contribution in [1.29, 1.82) is 0 Å². The lowest BCUT2D eigenvalue weighted by molar-refractivity contribution is 0.109. The van der Waals surface area contributed by atoms with E-state index in [0.717, 1.165) is 37.6 Å². The molecule has 152 valence electrons. The quantitative estimate of drug-likeness (QED) is 0.531. The number of hydrogen-bond acceptors (Lipinski definition) is 3. The summed E-state index contributed by atoms with van der Waals surface area (Å²) in [4.78, 5) is 2.57. The van der Waals surface area contributed by atoms with Crippen LogP contribution in [0.25, 0.3) is 0 Å². The molecule has 0 N–H and O–H groups in total. The van der Waals surface area contributed by atoms with Gasteiger partial charge in [0.05, 0.1) is 13.7 Å². The average Bonchev–Trinajstić information content (AvgIpc) is 2.74. The van der Waals surface area contributed by atoms with Crippen molar-refractivity contribution in [2.45, 2.75) is 38.5 Å². The number of methoxy groups -OCH3 is 1. The summed E-state index contributed by atoms with van der Waals surface area (Å²) in [5, 5.41) is 0. The fourth-order valence-electron chi connectivity index (χ4n) is 4.09. The maximum atomic E-state index is 13.4. The molecule has 3 nitrogen and oxygen atoms in total. The minimum absolute atomic E-state index is 0.174.